The first kappa shape index (κ1) is 13.3. The zero-order valence-corrected chi connectivity index (χ0v) is 11.2. The Labute approximate surface area is 102 Å². The molecule has 0 aliphatic heterocycles. The Kier molecular flexibility index (Phi) is 5.63. The van der Waals surface area contributed by atoms with E-state index >= 15 is 0 Å². The van der Waals surface area contributed by atoms with E-state index in [1.54, 1.807) is 0 Å². The lowest BCUT2D eigenvalue weighted by Gasteiger charge is -2.16. The zero-order valence-electron chi connectivity index (χ0n) is 10.4. The second kappa shape index (κ2) is 6.76. The fraction of sp³-hybridized carbons (Fsp3) is 0.667. The molecule has 90 valence electrons. The SMILES string of the molecule is C=C(C)CC(NCC)c1snnc1CCC. The van der Waals surface area contributed by atoms with E-state index in [-0.39, 0.29) is 0 Å². The van der Waals surface area contributed by atoms with Gasteiger partial charge in [-0.05, 0) is 37.8 Å². The molecule has 4 heteroatoms. The molecule has 0 radical (unpaired) electrons. The van der Waals surface area contributed by atoms with Crippen LogP contribution in [0, 0.1) is 0 Å². The molecule has 0 amide bonds. The van der Waals surface area contributed by atoms with Crippen LogP contribution in [0.1, 0.15) is 50.2 Å². The van der Waals surface area contributed by atoms with Crippen LogP contribution in [0.15, 0.2) is 12.2 Å². The molecular weight excluding hydrogens is 218 g/mol. The van der Waals surface area contributed by atoms with E-state index in [0.717, 1.165) is 31.5 Å². The van der Waals surface area contributed by atoms with Gasteiger partial charge in [0.05, 0.1) is 10.6 Å². The van der Waals surface area contributed by atoms with Crippen molar-refractivity contribution in [2.24, 2.45) is 0 Å². The van der Waals surface area contributed by atoms with Gasteiger partial charge in [0.2, 0.25) is 0 Å². The summed E-state index contributed by atoms with van der Waals surface area (Å²) < 4.78 is 4.07. The first-order valence-electron chi connectivity index (χ1n) is 5.87. The summed E-state index contributed by atoms with van der Waals surface area (Å²) in [5.74, 6) is 0. The monoisotopic (exact) mass is 239 g/mol. The van der Waals surface area contributed by atoms with E-state index in [0.29, 0.717) is 6.04 Å². The first-order chi connectivity index (χ1) is 7.69. The highest BCUT2D eigenvalue weighted by molar-refractivity contribution is 7.05. The average Bonchev–Trinajstić information content (AvgIpc) is 2.65. The lowest BCUT2D eigenvalue weighted by molar-refractivity contribution is 0.550. The molecule has 0 bridgehead atoms. The molecule has 0 aromatic carbocycles. The minimum Gasteiger partial charge on any atom is -0.309 e. The van der Waals surface area contributed by atoms with Gasteiger partial charge in [-0.25, -0.2) is 0 Å². The van der Waals surface area contributed by atoms with Crippen molar-refractivity contribution in [3.05, 3.63) is 22.7 Å². The number of nitrogens with one attached hydrogen (secondary N) is 1. The van der Waals surface area contributed by atoms with Crippen molar-refractivity contribution in [1.29, 1.82) is 0 Å². The van der Waals surface area contributed by atoms with Crippen LogP contribution < -0.4 is 5.32 Å². The first-order valence-corrected chi connectivity index (χ1v) is 6.65. The molecule has 1 unspecified atom stereocenters. The topological polar surface area (TPSA) is 37.8 Å². The maximum absolute atomic E-state index is 4.22. The molecule has 0 spiro atoms. The molecule has 1 aromatic heterocycles. The Morgan fingerprint density at radius 3 is 2.81 bits per heavy atom. The second-order valence-electron chi connectivity index (χ2n) is 4.11. The minimum atomic E-state index is 0.337. The molecule has 0 saturated heterocycles. The number of nitrogens with zero attached hydrogens (tertiary/aromatic N) is 2. The highest BCUT2D eigenvalue weighted by atomic mass is 32.1. The van der Waals surface area contributed by atoms with Crippen molar-refractivity contribution in [3.8, 4) is 0 Å². The van der Waals surface area contributed by atoms with E-state index in [2.05, 4.69) is 42.3 Å². The van der Waals surface area contributed by atoms with Crippen molar-refractivity contribution < 1.29 is 0 Å². The minimum absolute atomic E-state index is 0.337. The quantitative estimate of drug-likeness (QED) is 0.743. The lowest BCUT2D eigenvalue weighted by Crippen LogP contribution is -2.21. The number of aromatic nitrogens is 2. The van der Waals surface area contributed by atoms with Gasteiger partial charge in [-0.2, -0.15) is 0 Å². The largest absolute Gasteiger partial charge is 0.309 e. The Bertz CT molecular complexity index is 333. The van der Waals surface area contributed by atoms with Crippen molar-refractivity contribution >= 4 is 11.5 Å². The van der Waals surface area contributed by atoms with Crippen LogP contribution in [0.2, 0.25) is 0 Å². The van der Waals surface area contributed by atoms with E-state index in [1.807, 2.05) is 0 Å². The number of hydrogen-bond acceptors (Lipinski definition) is 4. The average molecular weight is 239 g/mol. The van der Waals surface area contributed by atoms with E-state index < -0.39 is 0 Å². The Morgan fingerprint density at radius 2 is 2.25 bits per heavy atom. The van der Waals surface area contributed by atoms with Crippen molar-refractivity contribution in [2.75, 3.05) is 6.54 Å². The summed E-state index contributed by atoms with van der Waals surface area (Å²) in [5, 5.41) is 7.70. The zero-order chi connectivity index (χ0) is 12.0. The molecule has 1 rings (SSSR count). The van der Waals surface area contributed by atoms with Crippen LogP contribution >= 0.6 is 11.5 Å². The maximum atomic E-state index is 4.22. The van der Waals surface area contributed by atoms with Crippen molar-refractivity contribution in [1.82, 2.24) is 14.9 Å². The van der Waals surface area contributed by atoms with Gasteiger partial charge in [-0.1, -0.05) is 30.3 Å². The molecule has 1 heterocycles. The van der Waals surface area contributed by atoms with Crippen LogP contribution in [0.4, 0.5) is 0 Å². The molecule has 0 saturated carbocycles. The summed E-state index contributed by atoms with van der Waals surface area (Å²) in [7, 11) is 0. The number of rotatable bonds is 7. The fourth-order valence-corrected chi connectivity index (χ4v) is 2.51. The predicted molar refractivity (Wildman–Crippen MR) is 69.8 cm³/mol. The maximum Gasteiger partial charge on any atom is 0.0803 e. The third-order valence-electron chi connectivity index (χ3n) is 2.39. The molecular formula is C12H21N3S. The van der Waals surface area contributed by atoms with Gasteiger partial charge in [-0.3, -0.25) is 0 Å². The molecule has 0 aliphatic carbocycles. The van der Waals surface area contributed by atoms with Gasteiger partial charge in [-0.15, -0.1) is 11.7 Å². The normalized spacial score (nSPS) is 12.7. The Balaban J connectivity index is 2.82. The fourth-order valence-electron chi connectivity index (χ4n) is 1.74. The van der Waals surface area contributed by atoms with Gasteiger partial charge in [0.1, 0.15) is 0 Å². The summed E-state index contributed by atoms with van der Waals surface area (Å²) in [5.41, 5.74) is 2.35. The van der Waals surface area contributed by atoms with Gasteiger partial charge in [0.25, 0.3) is 0 Å². The number of aryl methyl sites for hydroxylation is 1. The smallest absolute Gasteiger partial charge is 0.0803 e. The van der Waals surface area contributed by atoms with Crippen LogP contribution in [0.25, 0.3) is 0 Å². The predicted octanol–water partition coefficient (Wildman–Crippen LogP) is 3.11. The highest BCUT2D eigenvalue weighted by Crippen LogP contribution is 2.26. The second-order valence-corrected chi connectivity index (χ2v) is 4.89. The molecule has 0 aliphatic rings. The summed E-state index contributed by atoms with van der Waals surface area (Å²) in [4.78, 5) is 1.28. The van der Waals surface area contributed by atoms with Crippen LogP contribution in [-0.4, -0.2) is 16.1 Å². The van der Waals surface area contributed by atoms with Crippen LogP contribution in [-0.2, 0) is 6.42 Å². The van der Waals surface area contributed by atoms with Gasteiger partial charge in [0, 0.05) is 6.04 Å². The molecule has 1 aromatic rings. The van der Waals surface area contributed by atoms with Crippen LogP contribution in [0.5, 0.6) is 0 Å². The van der Waals surface area contributed by atoms with E-state index in [4.69, 9.17) is 0 Å². The molecule has 1 atom stereocenters. The molecule has 1 N–H and O–H groups in total. The van der Waals surface area contributed by atoms with E-state index in [9.17, 15) is 0 Å². The molecule has 3 nitrogen and oxygen atoms in total. The third kappa shape index (κ3) is 3.68. The molecule has 0 fully saturated rings. The number of hydrogen-bond donors (Lipinski definition) is 1. The van der Waals surface area contributed by atoms with Crippen molar-refractivity contribution in [3.63, 3.8) is 0 Å². The van der Waals surface area contributed by atoms with Crippen LogP contribution in [0.3, 0.4) is 0 Å². The lowest BCUT2D eigenvalue weighted by atomic mass is 10.0. The molecule has 16 heavy (non-hydrogen) atoms. The summed E-state index contributed by atoms with van der Waals surface area (Å²) in [6, 6.07) is 0.337. The standard InChI is InChI=1S/C12H21N3S/c1-5-7-10-12(16-15-14-10)11(13-6-2)8-9(3)4/h11,13H,3,5-8H2,1-2,4H3. The summed E-state index contributed by atoms with van der Waals surface area (Å²) in [6.07, 6.45) is 3.10. The Hall–Kier alpha value is -0.740. The van der Waals surface area contributed by atoms with Gasteiger partial charge < -0.3 is 5.32 Å². The van der Waals surface area contributed by atoms with Gasteiger partial charge in [0.15, 0.2) is 0 Å². The van der Waals surface area contributed by atoms with Crippen molar-refractivity contribution in [2.45, 2.75) is 46.1 Å². The van der Waals surface area contributed by atoms with Gasteiger partial charge >= 0.3 is 0 Å². The summed E-state index contributed by atoms with van der Waals surface area (Å²) in [6.45, 7) is 11.3. The third-order valence-corrected chi connectivity index (χ3v) is 3.27. The highest BCUT2D eigenvalue weighted by Gasteiger charge is 2.17. The Morgan fingerprint density at radius 1 is 1.50 bits per heavy atom. The summed E-state index contributed by atoms with van der Waals surface area (Å²) >= 11 is 1.51. The van der Waals surface area contributed by atoms with E-state index in [1.165, 1.54) is 22.0 Å².